The molecule has 3 heterocycles. The second-order valence-electron chi connectivity index (χ2n) is 30.4. The molecule has 9 aliphatic rings. The van der Waals surface area contributed by atoms with E-state index < -0.39 is 0 Å². The van der Waals surface area contributed by atoms with Gasteiger partial charge in [0, 0.05) is 19.6 Å². The molecule has 6 saturated carbocycles. The zero-order chi connectivity index (χ0) is 51.7. The largest absolute Gasteiger partial charge is 0.460 e. The van der Waals surface area contributed by atoms with Gasteiger partial charge in [-0.3, -0.25) is 4.79 Å². The molecule has 0 aromatic heterocycles. The number of piperidine rings is 1. The number of rotatable bonds is 0. The van der Waals surface area contributed by atoms with Gasteiger partial charge in [0.15, 0.2) is 0 Å². The molecule has 0 atom stereocenters. The highest BCUT2D eigenvalue weighted by Gasteiger charge is 2.30. The van der Waals surface area contributed by atoms with E-state index in [4.69, 9.17) is 9.47 Å². The minimum atomic E-state index is -0.183. The molecule has 4 nitrogen and oxygen atoms in total. The van der Waals surface area contributed by atoms with Crippen LogP contribution >= 0.6 is 0 Å². The van der Waals surface area contributed by atoms with Crippen LogP contribution in [0.1, 0.15) is 330 Å². The van der Waals surface area contributed by atoms with Crippen LogP contribution in [0.25, 0.3) is 0 Å². The van der Waals surface area contributed by atoms with Gasteiger partial charge in [-0.05, 0) is 173 Å². The van der Waals surface area contributed by atoms with E-state index in [9.17, 15) is 4.79 Å². The van der Waals surface area contributed by atoms with Crippen LogP contribution in [0.15, 0.2) is 0 Å². The van der Waals surface area contributed by atoms with Gasteiger partial charge in [0.05, 0.1) is 6.61 Å². The van der Waals surface area contributed by atoms with Gasteiger partial charge in [-0.15, -0.1) is 0 Å². The Morgan fingerprint density at radius 3 is 0.706 bits per heavy atom. The van der Waals surface area contributed by atoms with Crippen molar-refractivity contribution in [3.63, 3.8) is 0 Å². The molecule has 9 fully saturated rings. The van der Waals surface area contributed by atoms with Gasteiger partial charge in [-0.25, -0.2) is 0 Å². The van der Waals surface area contributed by atoms with Crippen LogP contribution in [0.2, 0.25) is 0 Å². The van der Waals surface area contributed by atoms with E-state index in [0.717, 1.165) is 19.6 Å². The summed E-state index contributed by atoms with van der Waals surface area (Å²) in [5.74, 6) is -0.0602. The fourth-order valence-corrected chi connectivity index (χ4v) is 11.4. The number of nitrogens with one attached hydrogen (secondary N) is 1. The van der Waals surface area contributed by atoms with Crippen molar-refractivity contribution in [2.45, 2.75) is 336 Å². The first-order chi connectivity index (χ1) is 31.3. The molecule has 9 rings (SSSR count). The Morgan fingerprint density at radius 1 is 0.324 bits per heavy atom. The van der Waals surface area contributed by atoms with Crippen molar-refractivity contribution < 1.29 is 14.3 Å². The summed E-state index contributed by atoms with van der Waals surface area (Å²) >= 11 is 0. The summed E-state index contributed by atoms with van der Waals surface area (Å²) in [5, 5.41) is 3.38. The second kappa shape index (κ2) is 31.2. The zero-order valence-corrected chi connectivity index (χ0v) is 50.2. The number of hydrogen-bond donors (Lipinski definition) is 1. The first kappa shape index (κ1) is 65.4. The quantitative estimate of drug-likeness (QED) is 0.246. The van der Waals surface area contributed by atoms with Gasteiger partial charge in [0.25, 0.3) is 0 Å². The normalized spacial score (nSPS) is 27.7. The van der Waals surface area contributed by atoms with E-state index in [1.165, 1.54) is 206 Å². The summed E-state index contributed by atoms with van der Waals surface area (Å²) in [5.41, 5.74) is 4.98. The Morgan fingerprint density at radius 2 is 0.603 bits per heavy atom. The minimum absolute atomic E-state index is 0.0602. The molecule has 406 valence electrons. The van der Waals surface area contributed by atoms with Crippen LogP contribution < -0.4 is 5.32 Å². The molecule has 68 heavy (non-hydrogen) atoms. The van der Waals surface area contributed by atoms with Crippen molar-refractivity contribution in [3.05, 3.63) is 0 Å². The van der Waals surface area contributed by atoms with Crippen LogP contribution in [0.5, 0.6) is 0 Å². The third-order valence-corrected chi connectivity index (χ3v) is 17.0. The maximum atomic E-state index is 10.4. The molecule has 1 N–H and O–H groups in total. The Balaban J connectivity index is 0.000000383. The third kappa shape index (κ3) is 36.3. The predicted octanol–water partition coefficient (Wildman–Crippen LogP) is 20.6. The number of carbonyl (C=O) groups excluding carboxylic acids is 1. The lowest BCUT2D eigenvalue weighted by atomic mass is 9.78. The maximum Gasteiger partial charge on any atom is 0.306 e. The highest BCUT2D eigenvalue weighted by molar-refractivity contribution is 5.72. The van der Waals surface area contributed by atoms with Crippen LogP contribution in [-0.2, 0) is 14.3 Å². The maximum absolute atomic E-state index is 10.4. The van der Waals surface area contributed by atoms with Crippen LogP contribution in [0.3, 0.4) is 0 Å². The highest BCUT2D eigenvalue weighted by atomic mass is 16.6. The summed E-state index contributed by atoms with van der Waals surface area (Å²) in [4.78, 5) is 10.4. The van der Waals surface area contributed by atoms with Crippen LogP contribution in [0.4, 0.5) is 0 Å². The number of ether oxygens (including phenoxy) is 2. The Kier molecular flexibility index (Phi) is 30.0. The van der Waals surface area contributed by atoms with E-state index in [1.54, 1.807) is 0 Å². The lowest BCUT2D eigenvalue weighted by Crippen LogP contribution is -2.35. The molecule has 6 aliphatic carbocycles. The Hall–Kier alpha value is -0.610. The van der Waals surface area contributed by atoms with Crippen molar-refractivity contribution in [3.8, 4) is 0 Å². The first-order valence-corrected chi connectivity index (χ1v) is 29.8. The van der Waals surface area contributed by atoms with Crippen molar-refractivity contribution in [2.24, 2.45) is 43.3 Å². The van der Waals surface area contributed by atoms with Crippen LogP contribution in [0, 0.1) is 43.3 Å². The third-order valence-electron chi connectivity index (χ3n) is 17.0. The summed E-state index contributed by atoms with van der Waals surface area (Å²) < 4.78 is 10.2. The van der Waals surface area contributed by atoms with Crippen molar-refractivity contribution >= 4 is 5.97 Å². The number of cyclic esters (lactones) is 1. The summed E-state index contributed by atoms with van der Waals surface area (Å²) in [7, 11) is 0. The van der Waals surface area contributed by atoms with Crippen molar-refractivity contribution in [2.75, 3.05) is 26.3 Å². The van der Waals surface area contributed by atoms with Gasteiger partial charge >= 0.3 is 5.97 Å². The molecule has 3 aliphatic heterocycles. The zero-order valence-electron chi connectivity index (χ0n) is 50.2. The fraction of sp³-hybridized carbons (Fsp3) is 0.984. The summed E-state index contributed by atoms with van der Waals surface area (Å²) in [6.07, 6.45) is 44.7. The lowest BCUT2D eigenvalue weighted by Gasteiger charge is -2.29. The second-order valence-corrected chi connectivity index (χ2v) is 30.4. The van der Waals surface area contributed by atoms with Gasteiger partial charge < -0.3 is 14.8 Å². The molecule has 0 bridgehead atoms. The smallest absolute Gasteiger partial charge is 0.306 e. The Labute approximate surface area is 429 Å². The molecular formula is C64H127NO3. The first-order valence-electron chi connectivity index (χ1n) is 29.8. The fourth-order valence-electron chi connectivity index (χ4n) is 11.4. The van der Waals surface area contributed by atoms with Gasteiger partial charge in [0.1, 0.15) is 5.60 Å². The van der Waals surface area contributed by atoms with E-state index >= 15 is 0 Å². The number of esters is 1. The molecule has 3 saturated heterocycles. The standard InChI is InChI=1S/2C8H16.C7H15N.C7H14O.4C7H14.C6H10O2/c2*1-8(2)6-4-3-5-7-8;2*1-7(2)4-3-5-8-6-7;4*1-7(2)5-3-4-6-7;1-6(2)4-3-5(7)8-6/h2*3-7H2,1-2H3;8H,3-6H2,1-2H3;3-6H2,1-2H3;4*3-6H2,1-2H3;3-4H2,1-2H3. The Bertz CT molecular complexity index is 1070. The SMILES string of the molecule is CC1(C)CCC(=O)O1.CC1(C)CCCC1.CC1(C)CCCC1.CC1(C)CCCC1.CC1(C)CCCC1.CC1(C)CCCCC1.CC1(C)CCCCC1.CC1(C)CCCNC1.CC1(C)CCCOC1. The van der Waals surface area contributed by atoms with Gasteiger partial charge in [0.2, 0.25) is 0 Å². The molecule has 0 amide bonds. The molecule has 0 aromatic rings. The van der Waals surface area contributed by atoms with Gasteiger partial charge in [-0.2, -0.15) is 0 Å². The lowest BCUT2D eigenvalue weighted by molar-refractivity contribution is -0.145. The summed E-state index contributed by atoms with van der Waals surface area (Å²) in [6.45, 7) is 45.8. The molecule has 4 heteroatoms. The summed E-state index contributed by atoms with van der Waals surface area (Å²) in [6, 6.07) is 0. The predicted molar refractivity (Wildman–Crippen MR) is 302 cm³/mol. The highest BCUT2D eigenvalue weighted by Crippen LogP contribution is 2.39. The van der Waals surface area contributed by atoms with Crippen molar-refractivity contribution in [1.82, 2.24) is 5.32 Å². The topological polar surface area (TPSA) is 47.6 Å². The van der Waals surface area contributed by atoms with E-state index in [2.05, 4.69) is 116 Å². The molecule has 0 spiro atoms. The minimum Gasteiger partial charge on any atom is -0.460 e. The number of hydrogen-bond acceptors (Lipinski definition) is 4. The average Bonchev–Trinajstić information content (AvgIpc) is 4.08. The van der Waals surface area contributed by atoms with Crippen LogP contribution in [-0.4, -0.2) is 37.9 Å². The number of carbonyl (C=O) groups is 1. The monoisotopic (exact) mass is 958 g/mol. The molecular weight excluding hydrogens is 831 g/mol. The van der Waals surface area contributed by atoms with Crippen molar-refractivity contribution in [1.29, 1.82) is 0 Å². The average molecular weight is 959 g/mol. The molecule has 0 unspecified atom stereocenters. The van der Waals surface area contributed by atoms with Gasteiger partial charge in [-0.1, -0.05) is 201 Å². The molecule has 0 aromatic carbocycles. The molecule has 0 radical (unpaired) electrons. The van der Waals surface area contributed by atoms with E-state index in [1.807, 2.05) is 13.8 Å². The van der Waals surface area contributed by atoms with E-state index in [0.29, 0.717) is 49.7 Å². The van der Waals surface area contributed by atoms with E-state index in [-0.39, 0.29) is 11.6 Å².